The van der Waals surface area contributed by atoms with Crippen LogP contribution in [-0.4, -0.2) is 27.9 Å². The van der Waals surface area contributed by atoms with Crippen molar-refractivity contribution in [3.05, 3.63) is 47.8 Å². The molecule has 2 aromatic rings. The van der Waals surface area contributed by atoms with Crippen molar-refractivity contribution in [1.82, 2.24) is 10.2 Å². The van der Waals surface area contributed by atoms with Gasteiger partial charge in [-0.3, -0.25) is 0 Å². The van der Waals surface area contributed by atoms with Crippen molar-refractivity contribution < 1.29 is 4.74 Å². The van der Waals surface area contributed by atoms with Crippen LogP contribution in [0.4, 0.5) is 0 Å². The monoisotopic (exact) mass is 280 g/mol. The molecular weight excluding hydrogens is 264 g/mol. The number of nitrogens with two attached hydrogens (primary N) is 1. The summed E-state index contributed by atoms with van der Waals surface area (Å²) in [5.41, 5.74) is 10.4. The second-order valence-electron chi connectivity index (χ2n) is 5.74. The van der Waals surface area contributed by atoms with Crippen LogP contribution in [0.3, 0.4) is 0 Å². The first-order valence-electron chi connectivity index (χ1n) is 7.08. The fourth-order valence-electron chi connectivity index (χ4n) is 3.42. The Hall–Kier alpha value is -2.43. The number of rotatable bonds is 1. The standard InChI is InChI=1S/C16H16N4O/c1-10-16(20-15(17)21-10)7-11-3-2-4-13(14(11)8-16)12-5-6-18-19-9-12/h2-6,9-10H,7-8H2,1H3,(H2,17,20)/t10-,16-/m1/s1. The molecule has 106 valence electrons. The number of amidine groups is 1. The Labute approximate surface area is 122 Å². The predicted octanol–water partition coefficient (Wildman–Crippen LogP) is 1.71. The highest BCUT2D eigenvalue weighted by Gasteiger charge is 2.48. The van der Waals surface area contributed by atoms with E-state index >= 15 is 0 Å². The number of hydrogen-bond acceptors (Lipinski definition) is 5. The van der Waals surface area contributed by atoms with Crippen molar-refractivity contribution in [1.29, 1.82) is 0 Å². The number of aromatic nitrogens is 2. The SMILES string of the molecule is C[C@H]1OC(N)=N[C@@]12Cc1cccc(-c3ccnnc3)c1C2. The molecule has 2 N–H and O–H groups in total. The smallest absolute Gasteiger partial charge is 0.282 e. The molecule has 0 amide bonds. The first kappa shape index (κ1) is 12.3. The van der Waals surface area contributed by atoms with Crippen LogP contribution in [-0.2, 0) is 17.6 Å². The normalized spacial score (nSPS) is 26.5. The Morgan fingerprint density at radius 2 is 2.14 bits per heavy atom. The maximum absolute atomic E-state index is 5.77. The van der Waals surface area contributed by atoms with Crippen LogP contribution in [0.5, 0.6) is 0 Å². The Balaban J connectivity index is 1.81. The lowest BCUT2D eigenvalue weighted by molar-refractivity contribution is 0.157. The highest BCUT2D eigenvalue weighted by atomic mass is 16.5. The average Bonchev–Trinajstić information content (AvgIpc) is 2.99. The van der Waals surface area contributed by atoms with Gasteiger partial charge in [0.2, 0.25) is 0 Å². The van der Waals surface area contributed by atoms with Gasteiger partial charge in [-0.1, -0.05) is 18.2 Å². The zero-order valence-electron chi connectivity index (χ0n) is 11.8. The molecule has 4 rings (SSSR count). The van der Waals surface area contributed by atoms with E-state index in [0.717, 1.165) is 18.4 Å². The van der Waals surface area contributed by atoms with E-state index in [0.29, 0.717) is 6.02 Å². The lowest BCUT2D eigenvalue weighted by Gasteiger charge is -2.23. The summed E-state index contributed by atoms with van der Waals surface area (Å²) in [6.45, 7) is 2.04. The second-order valence-corrected chi connectivity index (χ2v) is 5.74. The minimum absolute atomic E-state index is 0.00770. The van der Waals surface area contributed by atoms with Crippen LogP contribution < -0.4 is 5.73 Å². The molecule has 0 saturated heterocycles. The third kappa shape index (κ3) is 1.81. The molecule has 0 radical (unpaired) electrons. The molecule has 2 heterocycles. The molecule has 1 aliphatic heterocycles. The zero-order valence-corrected chi connectivity index (χ0v) is 11.8. The largest absolute Gasteiger partial charge is 0.460 e. The third-order valence-corrected chi connectivity index (χ3v) is 4.53. The predicted molar refractivity (Wildman–Crippen MR) is 79.8 cm³/mol. The Morgan fingerprint density at radius 1 is 1.24 bits per heavy atom. The molecule has 1 aliphatic carbocycles. The van der Waals surface area contributed by atoms with Crippen molar-refractivity contribution >= 4 is 6.02 Å². The lowest BCUT2D eigenvalue weighted by Crippen LogP contribution is -2.36. The van der Waals surface area contributed by atoms with E-state index in [1.54, 1.807) is 12.4 Å². The number of benzene rings is 1. The molecule has 2 aliphatic rings. The molecular formula is C16H16N4O. The maximum atomic E-state index is 5.77. The molecule has 0 saturated carbocycles. The van der Waals surface area contributed by atoms with E-state index in [9.17, 15) is 0 Å². The van der Waals surface area contributed by atoms with Crippen LogP contribution in [0.25, 0.3) is 11.1 Å². The van der Waals surface area contributed by atoms with Gasteiger partial charge in [0.1, 0.15) is 11.6 Å². The van der Waals surface area contributed by atoms with Gasteiger partial charge in [-0.05, 0) is 29.7 Å². The molecule has 5 heteroatoms. The van der Waals surface area contributed by atoms with Gasteiger partial charge in [0.05, 0.1) is 12.4 Å². The van der Waals surface area contributed by atoms with Gasteiger partial charge in [-0.15, -0.1) is 0 Å². The molecule has 21 heavy (non-hydrogen) atoms. The summed E-state index contributed by atoms with van der Waals surface area (Å²) < 4.78 is 5.58. The van der Waals surface area contributed by atoms with Gasteiger partial charge in [-0.25, -0.2) is 4.99 Å². The second kappa shape index (κ2) is 4.28. The van der Waals surface area contributed by atoms with Crippen LogP contribution >= 0.6 is 0 Å². The summed E-state index contributed by atoms with van der Waals surface area (Å²) >= 11 is 0. The van der Waals surface area contributed by atoms with Crippen LogP contribution in [0.1, 0.15) is 18.1 Å². The Bertz CT molecular complexity index is 728. The summed E-state index contributed by atoms with van der Waals surface area (Å²) in [6, 6.07) is 8.67. The van der Waals surface area contributed by atoms with E-state index in [1.165, 1.54) is 16.7 Å². The summed E-state index contributed by atoms with van der Waals surface area (Å²) in [4.78, 5) is 4.59. The lowest BCUT2D eigenvalue weighted by atomic mass is 9.90. The zero-order chi connectivity index (χ0) is 14.4. The van der Waals surface area contributed by atoms with Crippen LogP contribution in [0.15, 0.2) is 41.7 Å². The van der Waals surface area contributed by atoms with E-state index in [2.05, 4.69) is 33.4 Å². The first-order chi connectivity index (χ1) is 10.2. The minimum atomic E-state index is -0.247. The van der Waals surface area contributed by atoms with Crippen molar-refractivity contribution in [2.75, 3.05) is 0 Å². The first-order valence-corrected chi connectivity index (χ1v) is 7.08. The molecule has 0 bridgehead atoms. The molecule has 1 aromatic carbocycles. The van der Waals surface area contributed by atoms with Crippen molar-refractivity contribution in [3.63, 3.8) is 0 Å². The Kier molecular flexibility index (Phi) is 2.51. The van der Waals surface area contributed by atoms with E-state index in [1.807, 2.05) is 13.0 Å². The molecule has 0 unspecified atom stereocenters. The summed E-state index contributed by atoms with van der Waals surface area (Å²) in [7, 11) is 0. The van der Waals surface area contributed by atoms with Crippen molar-refractivity contribution in [2.45, 2.75) is 31.4 Å². The highest BCUT2D eigenvalue weighted by Crippen LogP contribution is 2.42. The minimum Gasteiger partial charge on any atom is -0.460 e. The topological polar surface area (TPSA) is 73.4 Å². The van der Waals surface area contributed by atoms with E-state index in [4.69, 9.17) is 10.5 Å². The number of nitrogens with zero attached hydrogens (tertiary/aromatic N) is 3. The van der Waals surface area contributed by atoms with Crippen molar-refractivity contribution in [3.8, 4) is 11.1 Å². The van der Waals surface area contributed by atoms with Gasteiger partial charge >= 0.3 is 0 Å². The molecule has 1 aromatic heterocycles. The van der Waals surface area contributed by atoms with Gasteiger partial charge in [-0.2, -0.15) is 10.2 Å². The van der Waals surface area contributed by atoms with E-state index < -0.39 is 0 Å². The highest BCUT2D eigenvalue weighted by molar-refractivity contribution is 5.76. The summed E-state index contributed by atoms with van der Waals surface area (Å²) in [5.74, 6) is 0. The van der Waals surface area contributed by atoms with Crippen molar-refractivity contribution in [2.24, 2.45) is 10.7 Å². The van der Waals surface area contributed by atoms with Gasteiger partial charge < -0.3 is 10.5 Å². The van der Waals surface area contributed by atoms with Gasteiger partial charge in [0.25, 0.3) is 6.02 Å². The number of aliphatic imine (C=N–C) groups is 1. The average molecular weight is 280 g/mol. The van der Waals surface area contributed by atoms with Gasteiger partial charge in [0.15, 0.2) is 0 Å². The molecule has 2 atom stereocenters. The molecule has 0 fully saturated rings. The fraction of sp³-hybridized carbons (Fsp3) is 0.312. The quantitative estimate of drug-likeness (QED) is 0.863. The van der Waals surface area contributed by atoms with E-state index in [-0.39, 0.29) is 11.6 Å². The molecule has 5 nitrogen and oxygen atoms in total. The molecule has 1 spiro atoms. The fourth-order valence-corrected chi connectivity index (χ4v) is 3.42. The van der Waals surface area contributed by atoms with Crippen LogP contribution in [0, 0.1) is 0 Å². The Morgan fingerprint density at radius 3 is 2.86 bits per heavy atom. The number of fused-ring (bicyclic) bond motifs is 1. The summed E-state index contributed by atoms with van der Waals surface area (Å²) in [5, 5.41) is 7.83. The maximum Gasteiger partial charge on any atom is 0.282 e. The third-order valence-electron chi connectivity index (χ3n) is 4.53. The summed E-state index contributed by atoms with van der Waals surface area (Å²) in [6.07, 6.45) is 5.25. The number of ether oxygens (including phenoxy) is 1. The number of hydrogen-bond donors (Lipinski definition) is 1. The van der Waals surface area contributed by atoms with Crippen LogP contribution in [0.2, 0.25) is 0 Å². The van der Waals surface area contributed by atoms with Gasteiger partial charge in [0, 0.05) is 18.4 Å².